The predicted octanol–water partition coefficient (Wildman–Crippen LogP) is 5.14. The number of rotatable bonds is 8. The Balaban J connectivity index is 0.000000184. The topological polar surface area (TPSA) is 222 Å². The van der Waals surface area contributed by atoms with Gasteiger partial charge < -0.3 is 45.6 Å². The van der Waals surface area contributed by atoms with Crippen LogP contribution < -0.4 is 0 Å². The quantitative estimate of drug-likeness (QED) is 0.149. The predicted molar refractivity (Wildman–Crippen MR) is 226 cm³/mol. The SMILES string of the molecule is COC(=O)CC[C@@H](C)[C@H]1CC[C@H]2[C@@H]3C(=O)[C@H](O)[C@@H]4C[C@H](O)CC[C@]4(C)[C@H]3C[C@H](O)[C@]12C.C[C@H](CCC(=O)O)[C@H]1CC[C@H]2[C@@H]3[C@H](O)[C@H](O)[C@@H]4C[C@H](O)CC[C@]4(C)[C@H]3C[C@H](O)[C@]12C. The van der Waals surface area contributed by atoms with Crippen LogP contribution in [0.4, 0.5) is 0 Å². The molecule has 0 unspecified atom stereocenters. The summed E-state index contributed by atoms with van der Waals surface area (Å²) in [6.07, 6.45) is 6.14. The van der Waals surface area contributed by atoms with Crippen LogP contribution in [0, 0.1) is 92.7 Å². The third-order valence-electron chi connectivity index (χ3n) is 20.8. The Bertz CT molecular complexity index is 1620. The van der Waals surface area contributed by atoms with Crippen molar-refractivity contribution in [1.82, 2.24) is 0 Å². The number of hydrogen-bond donors (Lipinski definition) is 8. The van der Waals surface area contributed by atoms with Crippen molar-refractivity contribution in [2.45, 2.75) is 187 Å². The van der Waals surface area contributed by atoms with E-state index in [1.165, 1.54) is 7.11 Å². The largest absolute Gasteiger partial charge is 0.481 e. The fraction of sp³-hybridized carbons (Fsp3) is 0.939. The number of fused-ring (bicyclic) bond motifs is 10. The van der Waals surface area contributed by atoms with E-state index >= 15 is 0 Å². The molecule has 8 aliphatic carbocycles. The average molecular weight is 861 g/mol. The summed E-state index contributed by atoms with van der Waals surface area (Å²) in [4.78, 5) is 36.2. The van der Waals surface area contributed by atoms with Crippen LogP contribution >= 0.6 is 0 Å². The lowest BCUT2D eigenvalue weighted by Crippen LogP contribution is -2.66. The Morgan fingerprint density at radius 2 is 1.11 bits per heavy atom. The fourth-order valence-corrected chi connectivity index (χ4v) is 17.3. The molecule has 348 valence electrons. The maximum absolute atomic E-state index is 13.5. The van der Waals surface area contributed by atoms with Crippen LogP contribution in [0.2, 0.25) is 0 Å². The van der Waals surface area contributed by atoms with Gasteiger partial charge in [0.15, 0.2) is 5.78 Å². The van der Waals surface area contributed by atoms with Crippen LogP contribution in [0.3, 0.4) is 0 Å². The van der Waals surface area contributed by atoms with E-state index in [1.54, 1.807) is 0 Å². The number of carboxylic acid groups (broad SMARTS) is 1. The fourth-order valence-electron chi connectivity index (χ4n) is 17.3. The molecule has 0 radical (unpaired) electrons. The number of carboxylic acids is 1. The van der Waals surface area contributed by atoms with Crippen LogP contribution in [0.25, 0.3) is 0 Å². The molecular weight excluding hydrogens is 781 g/mol. The number of ether oxygens (including phenoxy) is 1. The number of aliphatic hydroxyl groups is 7. The lowest BCUT2D eigenvalue weighted by atomic mass is 9.42. The molecular formula is C49H80O12. The Morgan fingerprint density at radius 1 is 0.623 bits per heavy atom. The summed E-state index contributed by atoms with van der Waals surface area (Å²) in [6.45, 7) is 12.9. The summed E-state index contributed by atoms with van der Waals surface area (Å²) in [5, 5.41) is 85.9. The van der Waals surface area contributed by atoms with E-state index in [2.05, 4.69) is 41.5 Å². The summed E-state index contributed by atoms with van der Waals surface area (Å²) in [5.41, 5.74) is -1.16. The molecule has 8 saturated carbocycles. The number of Topliss-reactive ketones (excluding diaryl/α,β-unsaturated/α-hetero) is 1. The van der Waals surface area contributed by atoms with Crippen molar-refractivity contribution in [3.05, 3.63) is 0 Å². The average Bonchev–Trinajstić information content (AvgIpc) is 3.77. The van der Waals surface area contributed by atoms with Gasteiger partial charge in [-0.25, -0.2) is 0 Å². The van der Waals surface area contributed by atoms with Crippen molar-refractivity contribution in [2.24, 2.45) is 92.7 Å². The van der Waals surface area contributed by atoms with Gasteiger partial charge in [-0.3, -0.25) is 14.4 Å². The molecule has 0 saturated heterocycles. The normalized spacial score (nSPS) is 52.1. The lowest BCUT2D eigenvalue weighted by molar-refractivity contribution is -0.243. The van der Waals surface area contributed by atoms with Gasteiger partial charge in [-0.2, -0.15) is 0 Å². The summed E-state index contributed by atoms with van der Waals surface area (Å²) in [7, 11) is 1.41. The molecule has 0 aromatic carbocycles. The number of hydrogen-bond acceptors (Lipinski definition) is 11. The van der Waals surface area contributed by atoms with Gasteiger partial charge in [0.1, 0.15) is 6.10 Å². The molecule has 8 aliphatic rings. The zero-order chi connectivity index (χ0) is 44.7. The van der Waals surface area contributed by atoms with Crippen LogP contribution in [0.1, 0.15) is 144 Å². The van der Waals surface area contributed by atoms with E-state index < -0.39 is 48.7 Å². The number of methoxy groups -OCH3 is 1. The Kier molecular flexibility index (Phi) is 13.4. The van der Waals surface area contributed by atoms with E-state index in [-0.39, 0.29) is 111 Å². The number of aliphatic carboxylic acids is 1. The first-order valence-electron chi connectivity index (χ1n) is 24.2. The molecule has 12 nitrogen and oxygen atoms in total. The van der Waals surface area contributed by atoms with Gasteiger partial charge in [0.05, 0.1) is 43.7 Å². The zero-order valence-electron chi connectivity index (χ0n) is 38.0. The minimum atomic E-state index is -1.02. The second-order valence-corrected chi connectivity index (χ2v) is 23.0. The highest BCUT2D eigenvalue weighted by atomic mass is 16.5. The number of esters is 1. The van der Waals surface area contributed by atoms with E-state index in [0.717, 1.165) is 38.5 Å². The molecule has 8 fully saturated rings. The minimum absolute atomic E-state index is 0.0538. The number of carbonyl (C=O) groups is 3. The first-order valence-corrected chi connectivity index (χ1v) is 24.2. The first kappa shape index (κ1) is 47.3. The smallest absolute Gasteiger partial charge is 0.305 e. The van der Waals surface area contributed by atoms with Gasteiger partial charge in [0.25, 0.3) is 0 Å². The Hall–Kier alpha value is -1.67. The van der Waals surface area contributed by atoms with Crippen molar-refractivity contribution in [2.75, 3.05) is 7.11 Å². The van der Waals surface area contributed by atoms with Gasteiger partial charge >= 0.3 is 11.9 Å². The molecule has 0 aromatic heterocycles. The van der Waals surface area contributed by atoms with Crippen LogP contribution in [-0.4, -0.2) is 108 Å². The second-order valence-electron chi connectivity index (χ2n) is 23.0. The van der Waals surface area contributed by atoms with Gasteiger partial charge in [-0.1, -0.05) is 41.5 Å². The van der Waals surface area contributed by atoms with Gasteiger partial charge in [-0.05, 0) is 165 Å². The van der Waals surface area contributed by atoms with Crippen molar-refractivity contribution in [3.63, 3.8) is 0 Å². The first-order chi connectivity index (χ1) is 28.6. The van der Waals surface area contributed by atoms with E-state index in [0.29, 0.717) is 57.8 Å². The molecule has 0 spiro atoms. The highest BCUT2D eigenvalue weighted by Crippen LogP contribution is 2.70. The molecule has 61 heavy (non-hydrogen) atoms. The minimum Gasteiger partial charge on any atom is -0.481 e. The summed E-state index contributed by atoms with van der Waals surface area (Å²) in [5.74, 6) is -0.426. The van der Waals surface area contributed by atoms with Gasteiger partial charge in [0.2, 0.25) is 0 Å². The number of ketones is 1. The van der Waals surface area contributed by atoms with Crippen LogP contribution in [0.5, 0.6) is 0 Å². The highest BCUT2D eigenvalue weighted by Gasteiger charge is 2.69. The third-order valence-corrected chi connectivity index (χ3v) is 20.8. The molecule has 0 aliphatic heterocycles. The zero-order valence-corrected chi connectivity index (χ0v) is 38.0. The third kappa shape index (κ3) is 7.57. The Labute approximate surface area is 363 Å². The Morgan fingerprint density at radius 3 is 1.67 bits per heavy atom. The molecule has 0 amide bonds. The van der Waals surface area contributed by atoms with E-state index in [1.807, 2.05) is 0 Å². The molecule has 0 heterocycles. The summed E-state index contributed by atoms with van der Waals surface area (Å²) >= 11 is 0. The summed E-state index contributed by atoms with van der Waals surface area (Å²) < 4.78 is 4.80. The van der Waals surface area contributed by atoms with Gasteiger partial charge in [-0.15, -0.1) is 0 Å². The molecule has 0 bridgehead atoms. The highest BCUT2D eigenvalue weighted by molar-refractivity contribution is 5.87. The van der Waals surface area contributed by atoms with E-state index in [9.17, 15) is 50.1 Å². The van der Waals surface area contributed by atoms with Crippen LogP contribution in [-0.2, 0) is 19.1 Å². The molecule has 8 rings (SSSR count). The maximum atomic E-state index is 13.5. The van der Waals surface area contributed by atoms with E-state index in [4.69, 9.17) is 9.84 Å². The van der Waals surface area contributed by atoms with Crippen molar-refractivity contribution in [1.29, 1.82) is 0 Å². The van der Waals surface area contributed by atoms with Crippen molar-refractivity contribution in [3.8, 4) is 0 Å². The lowest BCUT2D eigenvalue weighted by Gasteiger charge is -2.64. The maximum Gasteiger partial charge on any atom is 0.305 e. The second kappa shape index (κ2) is 17.3. The van der Waals surface area contributed by atoms with Gasteiger partial charge in [0, 0.05) is 30.1 Å². The number of carbonyl (C=O) groups excluding carboxylic acids is 2. The molecule has 8 N–H and O–H groups in total. The van der Waals surface area contributed by atoms with Crippen LogP contribution in [0.15, 0.2) is 0 Å². The van der Waals surface area contributed by atoms with Crippen molar-refractivity contribution < 1.29 is 60.0 Å². The molecule has 12 heteroatoms. The van der Waals surface area contributed by atoms with Crippen molar-refractivity contribution >= 4 is 17.7 Å². The molecule has 23 atom stereocenters. The molecule has 0 aromatic rings. The standard InChI is InChI=1S/C25H40O6.C24H40O6/c1-13(5-8-20(28)31-4)15-6-7-16-21-17(12-19(27)25(15,16)3)24(2)10-9-14(26)11-18(24)22(29)23(21)30;1-12(4-7-19(27)28)14-5-6-15-20-16(11-18(26)24(14,15)3)23(2)9-8-13(25)10-17(23)21(29)22(20)30/h13-19,21-22,26-27,29H,5-12H2,1-4H3;12-18,20-22,25-26,29-30H,4-11H2,1-3H3,(H,27,28)/t13-,14-,15-,16+,17+,18+,19+,21+,22-,24-,25-;12-,13-,14-,15+,16+,17+,18+,20+,21-,22+,23-,24-/m11/s1. The monoisotopic (exact) mass is 861 g/mol. The summed E-state index contributed by atoms with van der Waals surface area (Å²) in [6, 6.07) is 0. The number of aliphatic hydroxyl groups excluding tert-OH is 7.